The van der Waals surface area contributed by atoms with Crippen molar-refractivity contribution in [1.29, 1.82) is 0 Å². The van der Waals surface area contributed by atoms with Crippen LogP contribution in [0.25, 0.3) is 0 Å². The highest BCUT2D eigenvalue weighted by atomic mass is 35.5. The summed E-state index contributed by atoms with van der Waals surface area (Å²) in [7, 11) is 0. The molecule has 10 heteroatoms. The maximum atomic E-state index is 13.2. The minimum atomic E-state index is -4.69. The van der Waals surface area contributed by atoms with Crippen LogP contribution < -0.4 is 10.1 Å². The third kappa shape index (κ3) is 4.85. The summed E-state index contributed by atoms with van der Waals surface area (Å²) in [5.41, 5.74) is 0.192. The molecule has 0 saturated heterocycles. The Morgan fingerprint density at radius 3 is 2.72 bits per heavy atom. The van der Waals surface area contributed by atoms with Crippen LogP contribution >= 0.6 is 11.6 Å². The number of rotatable bonds is 7. The molecule has 1 N–H and O–H groups in total. The number of nitrogens with one attached hydrogen (secondary N) is 1. The van der Waals surface area contributed by atoms with Gasteiger partial charge in [0.2, 0.25) is 5.91 Å². The zero-order chi connectivity index (χ0) is 18.6. The van der Waals surface area contributed by atoms with E-state index in [1.807, 2.05) is 0 Å². The summed E-state index contributed by atoms with van der Waals surface area (Å²) in [5, 5.41) is 5.16. The van der Waals surface area contributed by atoms with Gasteiger partial charge in [0, 0.05) is 12.4 Å². The molecule has 1 aromatic heterocycles. The van der Waals surface area contributed by atoms with Crippen LogP contribution in [0.5, 0.6) is 5.75 Å². The number of para-hydroxylation sites is 1. The lowest BCUT2D eigenvalue weighted by molar-refractivity contribution is -0.252. The van der Waals surface area contributed by atoms with Crippen LogP contribution in [-0.4, -0.2) is 33.6 Å². The molecule has 2 aromatic rings. The standard InChI is InChI=1S/C15H14ClF4N3O2/c1-9-4-2-5-11(25-15(19,20)14(17)18)12(9)22-13(24)10(16)8-23-7-3-6-21-23/h2-7,10,14H,8H2,1H3,(H,22,24). The largest absolute Gasteiger partial charge is 0.461 e. The SMILES string of the molecule is Cc1cccc(OC(F)(F)C(F)F)c1NC(=O)C(Cl)Cn1cccn1. The molecular weight excluding hydrogens is 366 g/mol. The number of amides is 1. The molecule has 1 heterocycles. The summed E-state index contributed by atoms with van der Waals surface area (Å²) in [6.45, 7) is 1.54. The highest BCUT2D eigenvalue weighted by molar-refractivity contribution is 6.32. The third-order valence-corrected chi connectivity index (χ3v) is 3.51. The number of carbonyl (C=O) groups is 1. The number of halogens is 5. The number of ether oxygens (including phenoxy) is 1. The first-order chi connectivity index (χ1) is 11.7. The molecule has 1 amide bonds. The number of alkyl halides is 5. The summed E-state index contributed by atoms with van der Waals surface area (Å²) in [6, 6.07) is 5.53. The lowest BCUT2D eigenvalue weighted by Crippen LogP contribution is -2.34. The first kappa shape index (κ1) is 19.0. The van der Waals surface area contributed by atoms with Crippen LogP contribution in [0, 0.1) is 6.92 Å². The van der Waals surface area contributed by atoms with E-state index in [2.05, 4.69) is 15.2 Å². The molecule has 1 aromatic carbocycles. The summed E-state index contributed by atoms with van der Waals surface area (Å²) in [6.07, 6.45) is -5.62. The highest BCUT2D eigenvalue weighted by Crippen LogP contribution is 2.34. The van der Waals surface area contributed by atoms with Crippen molar-refractivity contribution in [3.05, 3.63) is 42.2 Å². The van der Waals surface area contributed by atoms with Crippen molar-refractivity contribution in [1.82, 2.24) is 9.78 Å². The second kappa shape index (κ2) is 7.73. The Morgan fingerprint density at radius 1 is 1.40 bits per heavy atom. The predicted molar refractivity (Wildman–Crippen MR) is 83.3 cm³/mol. The van der Waals surface area contributed by atoms with Crippen LogP contribution in [0.2, 0.25) is 0 Å². The molecule has 2 rings (SSSR count). The van der Waals surface area contributed by atoms with Crippen LogP contribution in [0.15, 0.2) is 36.7 Å². The van der Waals surface area contributed by atoms with E-state index in [0.29, 0.717) is 5.56 Å². The quantitative estimate of drug-likeness (QED) is 0.590. The number of carbonyl (C=O) groups excluding carboxylic acids is 1. The average molecular weight is 380 g/mol. The maximum Gasteiger partial charge on any atom is 0.461 e. The van der Waals surface area contributed by atoms with Crippen molar-refractivity contribution in [3.8, 4) is 5.75 Å². The van der Waals surface area contributed by atoms with Crippen molar-refractivity contribution in [2.45, 2.75) is 31.4 Å². The zero-order valence-corrected chi connectivity index (χ0v) is 13.7. The molecule has 0 fully saturated rings. The van der Waals surface area contributed by atoms with Gasteiger partial charge in [-0.25, -0.2) is 0 Å². The Kier molecular flexibility index (Phi) is 5.89. The molecule has 0 radical (unpaired) electrons. The normalized spacial score (nSPS) is 12.9. The minimum absolute atomic E-state index is 0.0374. The van der Waals surface area contributed by atoms with E-state index in [4.69, 9.17) is 11.6 Å². The number of benzene rings is 1. The van der Waals surface area contributed by atoms with Gasteiger partial charge < -0.3 is 10.1 Å². The van der Waals surface area contributed by atoms with Crippen LogP contribution in [0.3, 0.4) is 0 Å². The third-order valence-electron chi connectivity index (χ3n) is 3.17. The summed E-state index contributed by atoms with van der Waals surface area (Å²) in [5.74, 6) is -1.29. The van der Waals surface area contributed by atoms with E-state index in [1.165, 1.54) is 29.9 Å². The van der Waals surface area contributed by atoms with Gasteiger partial charge in [0.1, 0.15) is 11.1 Å². The first-order valence-electron chi connectivity index (χ1n) is 7.07. The molecule has 0 aliphatic heterocycles. The van der Waals surface area contributed by atoms with Crippen molar-refractivity contribution >= 4 is 23.2 Å². The van der Waals surface area contributed by atoms with Crippen LogP contribution in [-0.2, 0) is 11.3 Å². The molecule has 0 saturated carbocycles. The first-order valence-corrected chi connectivity index (χ1v) is 7.51. The van der Waals surface area contributed by atoms with Gasteiger partial charge in [0.05, 0.1) is 12.2 Å². The second-order valence-electron chi connectivity index (χ2n) is 5.10. The molecule has 0 spiro atoms. The monoisotopic (exact) mass is 379 g/mol. The van der Waals surface area contributed by atoms with Crippen LogP contribution in [0.1, 0.15) is 5.56 Å². The number of hydrogen-bond acceptors (Lipinski definition) is 3. The topological polar surface area (TPSA) is 56.1 Å². The Bertz CT molecular complexity index is 726. The number of aromatic nitrogens is 2. The van der Waals surface area contributed by atoms with Gasteiger partial charge in [0.15, 0.2) is 0 Å². The Labute approximate surface area is 145 Å². The Hall–Kier alpha value is -2.29. The number of nitrogens with zero attached hydrogens (tertiary/aromatic N) is 2. The van der Waals surface area contributed by atoms with Gasteiger partial charge in [-0.3, -0.25) is 9.48 Å². The number of anilines is 1. The summed E-state index contributed by atoms with van der Waals surface area (Å²) >= 11 is 5.98. The molecule has 5 nitrogen and oxygen atoms in total. The van der Waals surface area contributed by atoms with Gasteiger partial charge in [-0.2, -0.15) is 22.7 Å². The van der Waals surface area contributed by atoms with E-state index < -0.39 is 29.6 Å². The van der Waals surface area contributed by atoms with Crippen LogP contribution in [0.4, 0.5) is 23.2 Å². The Balaban J connectivity index is 2.16. The maximum absolute atomic E-state index is 13.2. The molecule has 136 valence electrons. The van der Waals surface area contributed by atoms with Crippen molar-refractivity contribution < 1.29 is 27.1 Å². The molecular formula is C15H14ClF4N3O2. The molecule has 1 atom stereocenters. The molecule has 1 unspecified atom stereocenters. The predicted octanol–water partition coefficient (Wildman–Crippen LogP) is 3.67. The fourth-order valence-electron chi connectivity index (χ4n) is 1.93. The second-order valence-corrected chi connectivity index (χ2v) is 5.62. The fourth-order valence-corrected chi connectivity index (χ4v) is 2.13. The van der Waals surface area contributed by atoms with E-state index in [1.54, 1.807) is 12.3 Å². The highest BCUT2D eigenvalue weighted by Gasteiger charge is 2.44. The van der Waals surface area contributed by atoms with Crippen molar-refractivity contribution in [2.75, 3.05) is 5.32 Å². The lowest BCUT2D eigenvalue weighted by Gasteiger charge is -2.21. The van der Waals surface area contributed by atoms with Gasteiger partial charge in [0.25, 0.3) is 0 Å². The fraction of sp³-hybridized carbons (Fsp3) is 0.333. The number of hydrogen-bond donors (Lipinski definition) is 1. The van der Waals surface area contributed by atoms with E-state index in [0.717, 1.165) is 6.07 Å². The van der Waals surface area contributed by atoms with Gasteiger partial charge >= 0.3 is 12.5 Å². The lowest BCUT2D eigenvalue weighted by atomic mass is 10.1. The summed E-state index contributed by atoms with van der Waals surface area (Å²) in [4.78, 5) is 12.2. The van der Waals surface area contributed by atoms with E-state index in [-0.39, 0.29) is 12.2 Å². The van der Waals surface area contributed by atoms with Gasteiger partial charge in [-0.15, -0.1) is 11.6 Å². The van der Waals surface area contributed by atoms with Crippen molar-refractivity contribution in [3.63, 3.8) is 0 Å². The average Bonchev–Trinajstić information content (AvgIpc) is 3.03. The van der Waals surface area contributed by atoms with E-state index >= 15 is 0 Å². The van der Waals surface area contributed by atoms with Gasteiger partial charge in [-0.05, 0) is 24.6 Å². The molecule has 25 heavy (non-hydrogen) atoms. The van der Waals surface area contributed by atoms with Crippen molar-refractivity contribution in [2.24, 2.45) is 0 Å². The van der Waals surface area contributed by atoms with Gasteiger partial charge in [-0.1, -0.05) is 12.1 Å². The minimum Gasteiger partial charge on any atom is -0.426 e. The smallest absolute Gasteiger partial charge is 0.426 e. The summed E-state index contributed by atoms with van der Waals surface area (Å²) < 4.78 is 56.5. The Morgan fingerprint density at radius 2 is 2.12 bits per heavy atom. The molecule has 0 bridgehead atoms. The number of aryl methyl sites for hydroxylation is 1. The zero-order valence-electron chi connectivity index (χ0n) is 12.9. The molecule has 0 aliphatic carbocycles. The van der Waals surface area contributed by atoms with E-state index in [9.17, 15) is 22.4 Å². The molecule has 0 aliphatic rings.